The average molecular weight is 335 g/mol. The number of hydrogen-bond donors (Lipinski definition) is 2. The first-order valence-electron chi connectivity index (χ1n) is 8.33. The molecule has 5 nitrogen and oxygen atoms in total. The molecule has 2 fully saturated rings. The van der Waals surface area contributed by atoms with Crippen molar-refractivity contribution in [3.63, 3.8) is 0 Å². The van der Waals surface area contributed by atoms with Gasteiger partial charge in [0.05, 0.1) is 6.61 Å². The first kappa shape index (κ1) is 16.8. The fraction of sp³-hybridized carbons (Fsp3) is 0.588. The molecule has 0 radical (unpaired) electrons. The van der Waals surface area contributed by atoms with Crippen LogP contribution in [0, 0.1) is 0 Å². The van der Waals surface area contributed by atoms with E-state index in [2.05, 4.69) is 27.7 Å². The number of carbonyl (C=O) groups excluding carboxylic acids is 1. The highest BCUT2D eigenvalue weighted by molar-refractivity contribution is 7.99. The smallest absolute Gasteiger partial charge is 0.254 e. The van der Waals surface area contributed by atoms with E-state index in [1.807, 2.05) is 23.9 Å². The summed E-state index contributed by atoms with van der Waals surface area (Å²) in [6, 6.07) is 8.17. The lowest BCUT2D eigenvalue weighted by molar-refractivity contribution is -0.128. The summed E-state index contributed by atoms with van der Waals surface area (Å²) in [7, 11) is 0. The molecule has 0 aliphatic carbocycles. The van der Waals surface area contributed by atoms with Crippen molar-refractivity contribution in [3.8, 4) is 0 Å². The third-order valence-corrected chi connectivity index (χ3v) is 5.20. The van der Waals surface area contributed by atoms with Crippen LogP contribution in [0.25, 0.3) is 0 Å². The molecular formula is C17H25N3O2S. The molecular weight excluding hydrogens is 310 g/mol. The number of thioether (sulfide) groups is 1. The van der Waals surface area contributed by atoms with E-state index < -0.39 is 0 Å². The van der Waals surface area contributed by atoms with E-state index in [4.69, 9.17) is 4.74 Å². The molecule has 6 heteroatoms. The van der Waals surface area contributed by atoms with Gasteiger partial charge in [0.2, 0.25) is 0 Å². The van der Waals surface area contributed by atoms with Gasteiger partial charge in [-0.2, -0.15) is 11.8 Å². The van der Waals surface area contributed by atoms with E-state index in [9.17, 15) is 4.79 Å². The van der Waals surface area contributed by atoms with Gasteiger partial charge in [0.25, 0.3) is 5.91 Å². The van der Waals surface area contributed by atoms with Crippen LogP contribution in [0.5, 0.6) is 0 Å². The summed E-state index contributed by atoms with van der Waals surface area (Å²) in [5, 5.41) is 6.09. The van der Waals surface area contributed by atoms with Gasteiger partial charge in [-0.05, 0) is 24.1 Å². The fourth-order valence-corrected chi connectivity index (χ4v) is 3.80. The second-order valence-corrected chi connectivity index (χ2v) is 7.18. The Morgan fingerprint density at radius 2 is 2.09 bits per heavy atom. The molecule has 0 aromatic heterocycles. The van der Waals surface area contributed by atoms with Crippen LogP contribution in [0.3, 0.4) is 0 Å². The van der Waals surface area contributed by atoms with Crippen molar-refractivity contribution in [2.24, 2.45) is 0 Å². The number of hydrogen-bond acceptors (Lipinski definition) is 5. The second kappa shape index (κ2) is 8.68. The van der Waals surface area contributed by atoms with E-state index in [1.165, 1.54) is 30.2 Å². The van der Waals surface area contributed by atoms with Crippen molar-refractivity contribution >= 4 is 23.4 Å². The zero-order valence-corrected chi connectivity index (χ0v) is 14.2. The molecule has 1 unspecified atom stereocenters. The topological polar surface area (TPSA) is 53.6 Å². The maximum atomic E-state index is 12.1. The maximum absolute atomic E-state index is 12.1. The Morgan fingerprint density at radius 1 is 1.30 bits per heavy atom. The molecule has 0 bridgehead atoms. The van der Waals surface area contributed by atoms with Crippen LogP contribution in [0.15, 0.2) is 24.3 Å². The van der Waals surface area contributed by atoms with Crippen LogP contribution in [0.4, 0.5) is 5.69 Å². The fourth-order valence-electron chi connectivity index (χ4n) is 2.82. The minimum absolute atomic E-state index is 0.0734. The third-order valence-electron chi connectivity index (χ3n) is 4.26. The van der Waals surface area contributed by atoms with Crippen molar-refractivity contribution in [1.82, 2.24) is 10.2 Å². The number of rotatable bonds is 5. The summed E-state index contributed by atoms with van der Waals surface area (Å²) in [6.07, 6.45) is 0.676. The highest BCUT2D eigenvalue weighted by atomic mass is 32.2. The first-order chi connectivity index (χ1) is 11.3. The number of morpholine rings is 1. The van der Waals surface area contributed by atoms with Gasteiger partial charge in [0.15, 0.2) is 0 Å². The number of benzene rings is 1. The second-order valence-electron chi connectivity index (χ2n) is 5.95. The summed E-state index contributed by atoms with van der Waals surface area (Å²) in [5.41, 5.74) is 2.15. The molecule has 2 aliphatic rings. The third kappa shape index (κ3) is 5.21. The van der Waals surface area contributed by atoms with Gasteiger partial charge < -0.3 is 20.3 Å². The zero-order valence-electron chi connectivity index (χ0n) is 13.4. The standard InChI is InChI=1S/C17H25N3O2S/c21-17(16-13-18-6-10-22-16)19-15-3-1-14(2-4-15)5-7-20-8-11-23-12-9-20/h1-4,16,18H,5-13H2,(H,19,21). The molecule has 2 aliphatic heterocycles. The number of amides is 1. The summed E-state index contributed by atoms with van der Waals surface area (Å²) in [6.45, 7) is 5.51. The van der Waals surface area contributed by atoms with Gasteiger partial charge in [-0.15, -0.1) is 0 Å². The van der Waals surface area contributed by atoms with Crippen molar-refractivity contribution in [2.45, 2.75) is 12.5 Å². The molecule has 2 saturated heterocycles. The van der Waals surface area contributed by atoms with E-state index in [-0.39, 0.29) is 12.0 Å². The predicted octanol–water partition coefficient (Wildman–Crippen LogP) is 1.20. The minimum Gasteiger partial charge on any atom is -0.366 e. The predicted molar refractivity (Wildman–Crippen MR) is 95.2 cm³/mol. The Morgan fingerprint density at radius 3 is 2.78 bits per heavy atom. The monoisotopic (exact) mass is 335 g/mol. The number of ether oxygens (including phenoxy) is 1. The normalized spacial score (nSPS) is 22.7. The lowest BCUT2D eigenvalue weighted by Gasteiger charge is -2.26. The number of carbonyl (C=O) groups is 1. The molecule has 2 N–H and O–H groups in total. The van der Waals surface area contributed by atoms with Gasteiger partial charge >= 0.3 is 0 Å². The van der Waals surface area contributed by atoms with Gasteiger partial charge in [0, 0.05) is 49.9 Å². The van der Waals surface area contributed by atoms with Crippen molar-refractivity contribution < 1.29 is 9.53 Å². The molecule has 0 saturated carbocycles. The number of anilines is 1. The molecule has 126 valence electrons. The molecule has 1 aromatic carbocycles. The van der Waals surface area contributed by atoms with E-state index in [0.717, 1.165) is 25.2 Å². The summed E-state index contributed by atoms with van der Waals surface area (Å²) in [4.78, 5) is 14.6. The minimum atomic E-state index is -0.389. The van der Waals surface area contributed by atoms with Crippen LogP contribution in [-0.4, -0.2) is 67.7 Å². The van der Waals surface area contributed by atoms with Gasteiger partial charge in [-0.25, -0.2) is 0 Å². The van der Waals surface area contributed by atoms with Crippen molar-refractivity contribution in [2.75, 3.05) is 56.2 Å². The Bertz CT molecular complexity index is 497. The van der Waals surface area contributed by atoms with Crippen LogP contribution >= 0.6 is 11.8 Å². The molecule has 23 heavy (non-hydrogen) atoms. The Balaban J connectivity index is 1.45. The van der Waals surface area contributed by atoms with Gasteiger partial charge in [0.1, 0.15) is 6.10 Å². The Hall–Kier alpha value is -1.08. The Kier molecular flexibility index (Phi) is 6.33. The lowest BCUT2D eigenvalue weighted by Crippen LogP contribution is -2.45. The van der Waals surface area contributed by atoms with Crippen molar-refractivity contribution in [1.29, 1.82) is 0 Å². The largest absolute Gasteiger partial charge is 0.366 e. The van der Waals surface area contributed by atoms with E-state index in [0.29, 0.717) is 13.2 Å². The number of nitrogens with one attached hydrogen (secondary N) is 2. The molecule has 1 atom stereocenters. The highest BCUT2D eigenvalue weighted by Gasteiger charge is 2.21. The summed E-state index contributed by atoms with van der Waals surface area (Å²) >= 11 is 2.04. The Labute approximate surface area is 142 Å². The van der Waals surface area contributed by atoms with Crippen LogP contribution in [0.2, 0.25) is 0 Å². The molecule has 3 rings (SSSR count). The van der Waals surface area contributed by atoms with Gasteiger partial charge in [-0.1, -0.05) is 12.1 Å². The summed E-state index contributed by atoms with van der Waals surface area (Å²) in [5.74, 6) is 2.43. The van der Waals surface area contributed by atoms with E-state index in [1.54, 1.807) is 0 Å². The first-order valence-corrected chi connectivity index (χ1v) is 9.49. The van der Waals surface area contributed by atoms with Crippen molar-refractivity contribution in [3.05, 3.63) is 29.8 Å². The molecule has 1 aromatic rings. The average Bonchev–Trinajstić information content (AvgIpc) is 2.63. The molecule has 0 spiro atoms. The summed E-state index contributed by atoms with van der Waals surface area (Å²) < 4.78 is 5.46. The molecule has 2 heterocycles. The van der Waals surface area contributed by atoms with E-state index >= 15 is 0 Å². The molecule has 1 amide bonds. The quantitative estimate of drug-likeness (QED) is 0.847. The van der Waals surface area contributed by atoms with Crippen LogP contribution < -0.4 is 10.6 Å². The van der Waals surface area contributed by atoms with Crippen LogP contribution in [0.1, 0.15) is 5.56 Å². The maximum Gasteiger partial charge on any atom is 0.254 e. The SMILES string of the molecule is O=C(Nc1ccc(CCN2CCSCC2)cc1)C1CNCCO1. The van der Waals surface area contributed by atoms with Crippen LogP contribution in [-0.2, 0) is 16.0 Å². The van der Waals surface area contributed by atoms with Gasteiger partial charge in [-0.3, -0.25) is 4.79 Å². The zero-order chi connectivity index (χ0) is 15.9. The lowest BCUT2D eigenvalue weighted by atomic mass is 10.1. The highest BCUT2D eigenvalue weighted by Crippen LogP contribution is 2.13. The number of nitrogens with zero attached hydrogens (tertiary/aromatic N) is 1.